The summed E-state index contributed by atoms with van der Waals surface area (Å²) in [6.07, 6.45) is 0. The van der Waals surface area contributed by atoms with Crippen LogP contribution in [0.3, 0.4) is 0 Å². The Balaban J connectivity index is 1.48. The molecule has 0 aliphatic carbocycles. The minimum absolute atomic E-state index is 0.0712. The topological polar surface area (TPSA) is 62.3 Å². The summed E-state index contributed by atoms with van der Waals surface area (Å²) >= 11 is 3.11. The molecule has 136 valence electrons. The predicted octanol–water partition coefficient (Wildman–Crippen LogP) is 4.28. The molecule has 1 N–H and O–H groups in total. The van der Waals surface area contributed by atoms with Gasteiger partial charge in [0.05, 0.1) is 10.2 Å². The third kappa shape index (κ3) is 2.49. The van der Waals surface area contributed by atoms with Crippen LogP contribution >= 0.6 is 23.1 Å². The summed E-state index contributed by atoms with van der Waals surface area (Å²) in [4.78, 5) is 32.4. The maximum atomic E-state index is 13.2. The van der Waals surface area contributed by atoms with Crippen LogP contribution in [-0.2, 0) is 4.79 Å². The summed E-state index contributed by atoms with van der Waals surface area (Å²) in [6, 6.07) is 14.9. The largest absolute Gasteiger partial charge is 0.309 e. The van der Waals surface area contributed by atoms with Crippen molar-refractivity contribution in [2.45, 2.75) is 30.0 Å². The number of hydrogen-bond donors (Lipinski definition) is 1. The summed E-state index contributed by atoms with van der Waals surface area (Å²) in [5.74, 6) is -0.256. The van der Waals surface area contributed by atoms with Gasteiger partial charge in [-0.2, -0.15) is 0 Å². The van der Waals surface area contributed by atoms with E-state index in [0.717, 1.165) is 15.8 Å². The second kappa shape index (κ2) is 5.81. The number of thiazole rings is 1. The highest BCUT2D eigenvalue weighted by atomic mass is 32.2. The Kier molecular flexibility index (Phi) is 3.61. The molecule has 1 aromatic heterocycles. The molecule has 1 saturated heterocycles. The van der Waals surface area contributed by atoms with Gasteiger partial charge >= 0.3 is 0 Å². The van der Waals surface area contributed by atoms with Crippen LogP contribution in [0.2, 0.25) is 0 Å². The van der Waals surface area contributed by atoms with Crippen molar-refractivity contribution in [1.29, 1.82) is 0 Å². The molecule has 1 fully saturated rings. The third-order valence-electron chi connectivity index (χ3n) is 5.07. The Hall–Kier alpha value is -2.38. The highest BCUT2D eigenvalue weighted by Gasteiger charge is 2.57. The first-order valence-corrected chi connectivity index (χ1v) is 10.4. The van der Waals surface area contributed by atoms with Gasteiger partial charge < -0.3 is 10.2 Å². The zero-order chi connectivity index (χ0) is 18.8. The average molecular weight is 396 g/mol. The standard InChI is InChI=1S/C20H17N3O2S2/c1-20(2)15(16(24)22-19-21-13-9-5-6-10-14(13)26-19)23-17(25)11-7-3-4-8-12(11)18(23)27-20/h3-10,15,18H,1-2H3,(H,21,22,24)/t15-,18+/m0/s1. The number of rotatable bonds is 2. The molecule has 2 atom stereocenters. The normalized spacial score (nSPS) is 22.7. The average Bonchev–Trinajstić information content (AvgIpc) is 3.25. The van der Waals surface area contributed by atoms with Crippen molar-refractivity contribution in [3.8, 4) is 0 Å². The van der Waals surface area contributed by atoms with Crippen molar-refractivity contribution in [3.05, 3.63) is 59.7 Å². The molecule has 3 heterocycles. The summed E-state index contributed by atoms with van der Waals surface area (Å²) in [5.41, 5.74) is 2.56. The van der Waals surface area contributed by atoms with Gasteiger partial charge in [0.25, 0.3) is 5.91 Å². The second-order valence-corrected chi connectivity index (χ2v) is 10.0. The van der Waals surface area contributed by atoms with Gasteiger partial charge in [-0.3, -0.25) is 9.59 Å². The van der Waals surface area contributed by atoms with E-state index < -0.39 is 10.8 Å². The Morgan fingerprint density at radius 1 is 1.15 bits per heavy atom. The molecule has 0 bridgehead atoms. The molecule has 3 aromatic rings. The van der Waals surface area contributed by atoms with E-state index in [1.165, 1.54) is 11.3 Å². The Morgan fingerprint density at radius 2 is 1.89 bits per heavy atom. The number of fused-ring (bicyclic) bond motifs is 4. The molecule has 0 saturated carbocycles. The summed E-state index contributed by atoms with van der Waals surface area (Å²) in [6.45, 7) is 4.04. The molecule has 2 amide bonds. The number of carbonyl (C=O) groups excluding carboxylic acids is 2. The number of nitrogens with one attached hydrogen (secondary N) is 1. The van der Waals surface area contributed by atoms with Crippen molar-refractivity contribution >= 4 is 50.3 Å². The van der Waals surface area contributed by atoms with Gasteiger partial charge in [0.2, 0.25) is 5.91 Å². The molecule has 2 aliphatic rings. The Morgan fingerprint density at radius 3 is 2.70 bits per heavy atom. The van der Waals surface area contributed by atoms with E-state index in [0.29, 0.717) is 10.7 Å². The van der Waals surface area contributed by atoms with Crippen molar-refractivity contribution in [1.82, 2.24) is 9.88 Å². The third-order valence-corrected chi connectivity index (χ3v) is 7.56. The van der Waals surface area contributed by atoms with Gasteiger partial charge in [0.15, 0.2) is 5.13 Å². The lowest BCUT2D eigenvalue weighted by Crippen LogP contribution is -2.50. The maximum absolute atomic E-state index is 13.2. The van der Waals surface area contributed by atoms with Gasteiger partial charge in [0, 0.05) is 10.3 Å². The van der Waals surface area contributed by atoms with Crippen LogP contribution in [-0.4, -0.2) is 32.5 Å². The Labute approximate surface area is 164 Å². The number of nitrogens with zero attached hydrogens (tertiary/aromatic N) is 2. The van der Waals surface area contributed by atoms with Crippen LogP contribution in [0.5, 0.6) is 0 Å². The van der Waals surface area contributed by atoms with Crippen LogP contribution in [0, 0.1) is 0 Å². The summed E-state index contributed by atoms with van der Waals surface area (Å²) in [5, 5.41) is 3.40. The van der Waals surface area contributed by atoms with Crippen LogP contribution in [0.1, 0.15) is 35.1 Å². The lowest BCUT2D eigenvalue weighted by molar-refractivity contribution is -0.121. The van der Waals surface area contributed by atoms with Crippen molar-refractivity contribution < 1.29 is 9.59 Å². The molecule has 0 unspecified atom stereocenters. The molecule has 5 nitrogen and oxygen atoms in total. The van der Waals surface area contributed by atoms with E-state index in [2.05, 4.69) is 10.3 Å². The van der Waals surface area contributed by atoms with Crippen molar-refractivity contribution in [2.75, 3.05) is 5.32 Å². The van der Waals surface area contributed by atoms with Gasteiger partial charge in [0.1, 0.15) is 11.4 Å². The SMILES string of the molecule is CC1(C)S[C@@H]2c3ccccc3C(=O)N2[C@H]1C(=O)Nc1nc2ccccc2s1. The Bertz CT molecular complexity index is 1060. The first kappa shape index (κ1) is 16.8. The van der Waals surface area contributed by atoms with Crippen LogP contribution < -0.4 is 5.32 Å². The van der Waals surface area contributed by atoms with Crippen LogP contribution in [0.15, 0.2) is 48.5 Å². The number of amides is 2. The van der Waals surface area contributed by atoms with E-state index in [9.17, 15) is 9.59 Å². The predicted molar refractivity (Wildman–Crippen MR) is 109 cm³/mol. The van der Waals surface area contributed by atoms with E-state index in [1.807, 2.05) is 62.4 Å². The first-order valence-electron chi connectivity index (χ1n) is 8.71. The molecular formula is C20H17N3O2S2. The molecule has 0 spiro atoms. The number of para-hydroxylation sites is 1. The first-order chi connectivity index (χ1) is 13.0. The smallest absolute Gasteiger partial charge is 0.256 e. The van der Waals surface area contributed by atoms with Gasteiger partial charge in [-0.05, 0) is 37.6 Å². The molecular weight excluding hydrogens is 378 g/mol. The quantitative estimate of drug-likeness (QED) is 0.703. The second-order valence-electron chi connectivity index (χ2n) is 7.25. The van der Waals surface area contributed by atoms with Crippen LogP contribution in [0.4, 0.5) is 5.13 Å². The molecule has 7 heteroatoms. The number of hydrogen-bond acceptors (Lipinski definition) is 5. The molecule has 2 aromatic carbocycles. The molecule has 5 rings (SSSR count). The minimum Gasteiger partial charge on any atom is -0.309 e. The lowest BCUT2D eigenvalue weighted by atomic mass is 10.0. The fourth-order valence-corrected chi connectivity index (χ4v) is 6.36. The summed E-state index contributed by atoms with van der Waals surface area (Å²) < 4.78 is 0.629. The maximum Gasteiger partial charge on any atom is 0.256 e. The van der Waals surface area contributed by atoms with Crippen molar-refractivity contribution in [3.63, 3.8) is 0 Å². The van der Waals surface area contributed by atoms with E-state index in [-0.39, 0.29) is 17.2 Å². The van der Waals surface area contributed by atoms with Gasteiger partial charge in [-0.25, -0.2) is 4.98 Å². The number of anilines is 1. The van der Waals surface area contributed by atoms with Gasteiger partial charge in [-0.1, -0.05) is 41.7 Å². The van der Waals surface area contributed by atoms with Crippen molar-refractivity contribution in [2.24, 2.45) is 0 Å². The lowest BCUT2D eigenvalue weighted by Gasteiger charge is -2.29. The molecule has 0 radical (unpaired) electrons. The number of carbonyl (C=O) groups is 2. The minimum atomic E-state index is -0.556. The van der Waals surface area contributed by atoms with E-state index in [4.69, 9.17) is 0 Å². The summed E-state index contributed by atoms with van der Waals surface area (Å²) in [7, 11) is 0. The fraction of sp³-hybridized carbons (Fsp3) is 0.250. The number of aromatic nitrogens is 1. The highest BCUT2D eigenvalue weighted by molar-refractivity contribution is 8.01. The number of benzene rings is 2. The highest BCUT2D eigenvalue weighted by Crippen LogP contribution is 2.56. The number of thioether (sulfide) groups is 1. The zero-order valence-electron chi connectivity index (χ0n) is 14.8. The van der Waals surface area contributed by atoms with E-state index in [1.54, 1.807) is 16.7 Å². The molecule has 2 aliphatic heterocycles. The molecule has 27 heavy (non-hydrogen) atoms. The van der Waals surface area contributed by atoms with Crippen LogP contribution in [0.25, 0.3) is 10.2 Å². The van der Waals surface area contributed by atoms with E-state index >= 15 is 0 Å². The van der Waals surface area contributed by atoms with Gasteiger partial charge in [-0.15, -0.1) is 11.8 Å². The monoisotopic (exact) mass is 395 g/mol. The fourth-order valence-electron chi connectivity index (χ4n) is 3.90. The zero-order valence-corrected chi connectivity index (χ0v) is 16.4.